The molecule has 1 aromatic rings. The van der Waals surface area contributed by atoms with Gasteiger partial charge in [-0.05, 0) is 18.6 Å². The molecule has 2 heterocycles. The lowest BCUT2D eigenvalue weighted by atomic mass is 9.93. The lowest BCUT2D eigenvalue weighted by Crippen LogP contribution is -2.39. The van der Waals surface area contributed by atoms with Crippen molar-refractivity contribution in [3.63, 3.8) is 0 Å². The second-order valence-electron chi connectivity index (χ2n) is 6.41. The van der Waals surface area contributed by atoms with Crippen LogP contribution >= 0.6 is 0 Å². The Hall–Kier alpha value is -2.79. The van der Waals surface area contributed by atoms with Gasteiger partial charge in [-0.3, -0.25) is 4.79 Å². The standard InChI is InChI=1S/C16H15F6N5O/c17-10-6-12(19)11(18)4-8(10)3-9(23)5-14(28)26-1-2-27-13(7-26)24-25-15(27)16(20,21)22/h4-6,8,10H,1-3,7,23H2/b9-5-. The Bertz CT molecular complexity index is 871. The Morgan fingerprint density at radius 1 is 1.21 bits per heavy atom. The second kappa shape index (κ2) is 7.32. The number of rotatable bonds is 3. The highest BCUT2D eigenvalue weighted by Gasteiger charge is 2.39. The predicted molar refractivity (Wildman–Crippen MR) is 84.1 cm³/mol. The number of carbonyl (C=O) groups excluding carboxylic acids is 1. The van der Waals surface area contributed by atoms with E-state index in [1.165, 1.54) is 4.90 Å². The van der Waals surface area contributed by atoms with Gasteiger partial charge in [0.15, 0.2) is 17.5 Å². The zero-order valence-corrected chi connectivity index (χ0v) is 14.3. The molecule has 28 heavy (non-hydrogen) atoms. The third kappa shape index (κ3) is 4.04. The second-order valence-corrected chi connectivity index (χ2v) is 6.41. The lowest BCUT2D eigenvalue weighted by Gasteiger charge is -2.27. The van der Waals surface area contributed by atoms with Gasteiger partial charge in [-0.2, -0.15) is 13.2 Å². The summed E-state index contributed by atoms with van der Waals surface area (Å²) in [6, 6.07) is 0. The van der Waals surface area contributed by atoms with Gasteiger partial charge in [0.25, 0.3) is 0 Å². The van der Waals surface area contributed by atoms with Gasteiger partial charge < -0.3 is 15.2 Å². The first kappa shape index (κ1) is 20.0. The van der Waals surface area contributed by atoms with E-state index in [1.807, 2.05) is 0 Å². The van der Waals surface area contributed by atoms with E-state index in [2.05, 4.69) is 10.2 Å². The fourth-order valence-corrected chi connectivity index (χ4v) is 3.01. The Morgan fingerprint density at radius 3 is 2.57 bits per heavy atom. The van der Waals surface area contributed by atoms with Crippen molar-refractivity contribution in [1.82, 2.24) is 19.7 Å². The SMILES string of the molecule is N/C(=C\C(=O)N1CCn2c(nnc2C(F)(F)F)C1)CC1C=C(F)C(F)=CC1F. The number of nitrogens with zero attached hydrogens (tertiary/aromatic N) is 4. The molecule has 0 radical (unpaired) electrons. The minimum atomic E-state index is -4.65. The number of nitrogens with two attached hydrogens (primary N) is 1. The number of hydrogen-bond acceptors (Lipinski definition) is 4. The van der Waals surface area contributed by atoms with Crippen molar-refractivity contribution in [3.8, 4) is 0 Å². The normalized spacial score (nSPS) is 23.2. The summed E-state index contributed by atoms with van der Waals surface area (Å²) in [5.41, 5.74) is 5.64. The molecule has 1 aliphatic carbocycles. The van der Waals surface area contributed by atoms with Crippen LogP contribution < -0.4 is 5.73 Å². The highest BCUT2D eigenvalue weighted by atomic mass is 19.4. The number of amides is 1. The molecular weight excluding hydrogens is 392 g/mol. The number of halogens is 6. The first-order valence-corrected chi connectivity index (χ1v) is 8.19. The summed E-state index contributed by atoms with van der Waals surface area (Å²) < 4.78 is 79.4. The summed E-state index contributed by atoms with van der Waals surface area (Å²) in [5, 5.41) is 6.57. The first-order chi connectivity index (χ1) is 13.1. The molecule has 152 valence electrons. The molecule has 2 N–H and O–H groups in total. The quantitative estimate of drug-likeness (QED) is 0.617. The number of aromatic nitrogens is 3. The summed E-state index contributed by atoms with van der Waals surface area (Å²) in [7, 11) is 0. The highest BCUT2D eigenvalue weighted by molar-refractivity contribution is 5.88. The largest absolute Gasteiger partial charge is 0.451 e. The molecular formula is C16H15F6N5O. The van der Waals surface area contributed by atoms with Crippen molar-refractivity contribution >= 4 is 5.91 Å². The summed E-state index contributed by atoms with van der Waals surface area (Å²) in [5.74, 6) is -5.34. The van der Waals surface area contributed by atoms with Crippen LogP contribution in [0.15, 0.2) is 35.6 Å². The molecule has 1 amide bonds. The van der Waals surface area contributed by atoms with Crippen molar-refractivity contribution in [1.29, 1.82) is 0 Å². The third-order valence-electron chi connectivity index (χ3n) is 4.40. The van der Waals surface area contributed by atoms with E-state index in [4.69, 9.17) is 5.73 Å². The van der Waals surface area contributed by atoms with Crippen molar-refractivity contribution < 1.29 is 31.1 Å². The van der Waals surface area contributed by atoms with Gasteiger partial charge in [0.05, 0.1) is 6.54 Å². The number of hydrogen-bond donors (Lipinski definition) is 1. The van der Waals surface area contributed by atoms with Crippen LogP contribution in [0.2, 0.25) is 0 Å². The van der Waals surface area contributed by atoms with Gasteiger partial charge in [-0.25, -0.2) is 13.2 Å². The summed E-state index contributed by atoms with van der Waals surface area (Å²) in [6.07, 6.45) is -4.44. The van der Waals surface area contributed by atoms with E-state index in [1.54, 1.807) is 0 Å². The van der Waals surface area contributed by atoms with Crippen LogP contribution in [-0.4, -0.2) is 38.3 Å². The minimum absolute atomic E-state index is 0.0272. The summed E-state index contributed by atoms with van der Waals surface area (Å²) >= 11 is 0. The highest BCUT2D eigenvalue weighted by Crippen LogP contribution is 2.31. The average Bonchev–Trinajstić information content (AvgIpc) is 3.03. The molecule has 0 saturated carbocycles. The van der Waals surface area contributed by atoms with Crippen LogP contribution in [0.25, 0.3) is 0 Å². The zero-order valence-electron chi connectivity index (χ0n) is 14.3. The van der Waals surface area contributed by atoms with E-state index < -0.39 is 41.7 Å². The van der Waals surface area contributed by atoms with Gasteiger partial charge in [-0.15, -0.1) is 10.2 Å². The average molecular weight is 407 g/mol. The van der Waals surface area contributed by atoms with Crippen LogP contribution in [0.5, 0.6) is 0 Å². The number of allylic oxidation sites excluding steroid dienone is 5. The van der Waals surface area contributed by atoms with Crippen LogP contribution in [-0.2, 0) is 24.1 Å². The lowest BCUT2D eigenvalue weighted by molar-refractivity contribution is -0.148. The van der Waals surface area contributed by atoms with Crippen LogP contribution in [0.1, 0.15) is 18.1 Å². The predicted octanol–water partition coefficient (Wildman–Crippen LogP) is 2.55. The molecule has 0 saturated heterocycles. The molecule has 3 rings (SSSR count). The molecule has 0 bridgehead atoms. The molecule has 12 heteroatoms. The van der Waals surface area contributed by atoms with Crippen molar-refractivity contribution in [2.75, 3.05) is 6.54 Å². The smallest absolute Gasteiger partial charge is 0.402 e. The van der Waals surface area contributed by atoms with Crippen molar-refractivity contribution in [2.24, 2.45) is 11.7 Å². The Morgan fingerprint density at radius 2 is 1.89 bits per heavy atom. The number of fused-ring (bicyclic) bond motifs is 1. The van der Waals surface area contributed by atoms with Gasteiger partial charge in [0, 0.05) is 30.8 Å². The first-order valence-electron chi connectivity index (χ1n) is 8.19. The van der Waals surface area contributed by atoms with E-state index >= 15 is 0 Å². The monoisotopic (exact) mass is 407 g/mol. The summed E-state index contributed by atoms with van der Waals surface area (Å²) in [6.45, 7) is -0.387. The fourth-order valence-electron chi connectivity index (χ4n) is 3.01. The van der Waals surface area contributed by atoms with Crippen molar-refractivity contribution in [3.05, 3.63) is 47.2 Å². The molecule has 0 fully saturated rings. The topological polar surface area (TPSA) is 77.0 Å². The van der Waals surface area contributed by atoms with Gasteiger partial charge >= 0.3 is 6.18 Å². The molecule has 0 aromatic carbocycles. The van der Waals surface area contributed by atoms with Gasteiger partial charge in [0.1, 0.15) is 6.17 Å². The van der Waals surface area contributed by atoms with Crippen LogP contribution in [0.4, 0.5) is 26.3 Å². The Balaban J connectivity index is 1.66. The third-order valence-corrected chi connectivity index (χ3v) is 4.40. The molecule has 6 nitrogen and oxygen atoms in total. The van der Waals surface area contributed by atoms with Crippen LogP contribution in [0, 0.1) is 5.92 Å². The minimum Gasteiger partial charge on any atom is -0.402 e. The van der Waals surface area contributed by atoms with E-state index in [9.17, 15) is 31.1 Å². The Kier molecular flexibility index (Phi) is 5.22. The van der Waals surface area contributed by atoms with E-state index in [0.29, 0.717) is 6.08 Å². The van der Waals surface area contributed by atoms with Crippen molar-refractivity contribution in [2.45, 2.75) is 31.9 Å². The van der Waals surface area contributed by atoms with E-state index in [0.717, 1.165) is 16.7 Å². The Labute approximate surface area is 155 Å². The molecule has 2 aliphatic rings. The van der Waals surface area contributed by atoms with E-state index in [-0.39, 0.29) is 37.6 Å². The molecule has 1 aliphatic heterocycles. The maximum atomic E-state index is 13.8. The zero-order chi connectivity index (χ0) is 20.6. The molecule has 2 atom stereocenters. The number of alkyl halides is 4. The van der Waals surface area contributed by atoms with Gasteiger partial charge in [0.2, 0.25) is 11.7 Å². The van der Waals surface area contributed by atoms with Gasteiger partial charge in [-0.1, -0.05) is 0 Å². The number of carbonyl (C=O) groups is 1. The molecule has 1 aromatic heterocycles. The fraction of sp³-hybridized carbons (Fsp3) is 0.438. The molecule has 0 spiro atoms. The maximum Gasteiger partial charge on any atom is 0.451 e. The maximum absolute atomic E-state index is 13.8. The summed E-state index contributed by atoms with van der Waals surface area (Å²) in [4.78, 5) is 13.5. The van der Waals surface area contributed by atoms with Crippen LogP contribution in [0.3, 0.4) is 0 Å². The molecule has 2 unspecified atom stereocenters.